The van der Waals surface area contributed by atoms with Crippen molar-refractivity contribution in [3.05, 3.63) is 39.5 Å². The Morgan fingerprint density at radius 1 is 1.29 bits per heavy atom. The first kappa shape index (κ1) is 15.4. The van der Waals surface area contributed by atoms with Crippen molar-refractivity contribution in [3.8, 4) is 0 Å². The smallest absolute Gasteiger partial charge is 0.347 e. The van der Waals surface area contributed by atoms with Crippen molar-refractivity contribution in [1.82, 2.24) is 4.98 Å². The Labute approximate surface area is 119 Å². The second-order valence-electron chi connectivity index (χ2n) is 4.43. The summed E-state index contributed by atoms with van der Waals surface area (Å²) in [6, 6.07) is 2.58. The van der Waals surface area contributed by atoms with Gasteiger partial charge in [0.2, 0.25) is 5.43 Å². The SMILES string of the molecule is CC(=O)c1c(S(C)=O)[nH]c2ccc(C(F)(F)F)cc2c1=O. The number of H-pyrrole nitrogens is 1. The fourth-order valence-corrected chi connectivity index (χ4v) is 2.75. The molecule has 21 heavy (non-hydrogen) atoms. The molecule has 0 amide bonds. The lowest BCUT2D eigenvalue weighted by molar-refractivity contribution is -0.137. The van der Waals surface area contributed by atoms with Crippen molar-refractivity contribution >= 4 is 27.5 Å². The lowest BCUT2D eigenvalue weighted by Gasteiger charge is -2.10. The van der Waals surface area contributed by atoms with E-state index >= 15 is 0 Å². The van der Waals surface area contributed by atoms with E-state index in [1.165, 1.54) is 6.26 Å². The number of halogens is 3. The van der Waals surface area contributed by atoms with Crippen LogP contribution in [0.2, 0.25) is 0 Å². The number of nitrogens with one attached hydrogen (secondary N) is 1. The van der Waals surface area contributed by atoms with E-state index in [1.807, 2.05) is 0 Å². The molecule has 1 heterocycles. The number of benzene rings is 1. The normalized spacial score (nSPS) is 13.4. The van der Waals surface area contributed by atoms with E-state index < -0.39 is 33.8 Å². The predicted molar refractivity (Wildman–Crippen MR) is 71.9 cm³/mol. The van der Waals surface area contributed by atoms with Gasteiger partial charge in [-0.15, -0.1) is 0 Å². The van der Waals surface area contributed by atoms with E-state index in [0.717, 1.165) is 19.1 Å². The Hall–Kier alpha value is -1.96. The van der Waals surface area contributed by atoms with Gasteiger partial charge in [0, 0.05) is 11.6 Å². The third-order valence-corrected chi connectivity index (χ3v) is 3.81. The Morgan fingerprint density at radius 2 is 1.90 bits per heavy atom. The molecule has 2 aromatic rings. The van der Waals surface area contributed by atoms with Crippen molar-refractivity contribution in [3.63, 3.8) is 0 Å². The minimum atomic E-state index is -4.59. The van der Waals surface area contributed by atoms with Crippen LogP contribution >= 0.6 is 0 Å². The molecule has 0 aliphatic rings. The van der Waals surface area contributed by atoms with Crippen molar-refractivity contribution in [2.24, 2.45) is 0 Å². The highest BCUT2D eigenvalue weighted by Crippen LogP contribution is 2.30. The zero-order valence-corrected chi connectivity index (χ0v) is 11.8. The van der Waals surface area contributed by atoms with E-state index in [1.54, 1.807) is 0 Å². The molecule has 0 fully saturated rings. The third-order valence-electron chi connectivity index (χ3n) is 2.93. The number of Topliss-reactive ketones (excluding diaryl/α,β-unsaturated/α-hetero) is 1. The molecule has 1 aromatic heterocycles. The first-order valence-electron chi connectivity index (χ1n) is 5.74. The molecule has 1 aromatic carbocycles. The molecule has 8 heteroatoms. The van der Waals surface area contributed by atoms with Gasteiger partial charge in [-0.25, -0.2) is 0 Å². The van der Waals surface area contributed by atoms with Crippen LogP contribution in [0.1, 0.15) is 22.8 Å². The van der Waals surface area contributed by atoms with Crippen LogP contribution < -0.4 is 5.43 Å². The minimum absolute atomic E-state index is 0.0836. The first-order valence-corrected chi connectivity index (χ1v) is 7.30. The number of hydrogen-bond donors (Lipinski definition) is 1. The molecule has 112 valence electrons. The lowest BCUT2D eigenvalue weighted by Crippen LogP contribution is -2.19. The number of aromatic amines is 1. The van der Waals surface area contributed by atoms with Crippen LogP contribution in [0.25, 0.3) is 10.9 Å². The summed E-state index contributed by atoms with van der Waals surface area (Å²) in [6.07, 6.45) is -3.32. The Kier molecular flexibility index (Phi) is 3.75. The standard InChI is InChI=1S/C13H10F3NO3S/c1-6(18)10-11(19)8-5-7(13(14,15)16)3-4-9(8)17-12(10)21(2)20/h3-5H,1-2H3,(H,17,19). The van der Waals surface area contributed by atoms with E-state index in [0.29, 0.717) is 6.07 Å². The third kappa shape index (κ3) is 2.76. The van der Waals surface area contributed by atoms with Crippen molar-refractivity contribution < 1.29 is 22.2 Å². The van der Waals surface area contributed by atoms with Gasteiger partial charge in [0.15, 0.2) is 5.78 Å². The maximum atomic E-state index is 12.7. The molecule has 2 rings (SSSR count). The Balaban J connectivity index is 2.92. The van der Waals surface area contributed by atoms with Gasteiger partial charge in [0.25, 0.3) is 0 Å². The Bertz CT molecular complexity index is 824. The van der Waals surface area contributed by atoms with Crippen LogP contribution in [0.5, 0.6) is 0 Å². The van der Waals surface area contributed by atoms with Crippen LogP contribution in [0.3, 0.4) is 0 Å². The second kappa shape index (κ2) is 5.10. The molecule has 4 nitrogen and oxygen atoms in total. The molecule has 1 N–H and O–H groups in total. The average molecular weight is 317 g/mol. The van der Waals surface area contributed by atoms with E-state index in [9.17, 15) is 27.0 Å². The number of carbonyl (C=O) groups excluding carboxylic acids is 1. The Morgan fingerprint density at radius 3 is 2.38 bits per heavy atom. The van der Waals surface area contributed by atoms with E-state index in [4.69, 9.17) is 0 Å². The quantitative estimate of drug-likeness (QED) is 0.865. The summed E-state index contributed by atoms with van der Waals surface area (Å²) in [6.45, 7) is 1.10. The number of pyridine rings is 1. The van der Waals surface area contributed by atoms with Crippen LogP contribution in [-0.4, -0.2) is 21.2 Å². The lowest BCUT2D eigenvalue weighted by atomic mass is 10.1. The highest BCUT2D eigenvalue weighted by atomic mass is 32.2. The summed E-state index contributed by atoms with van der Waals surface area (Å²) >= 11 is 0. The molecular formula is C13H10F3NO3S. The van der Waals surface area contributed by atoms with Gasteiger partial charge in [-0.2, -0.15) is 13.2 Å². The summed E-state index contributed by atoms with van der Waals surface area (Å²) in [4.78, 5) is 26.4. The van der Waals surface area contributed by atoms with Gasteiger partial charge in [-0.3, -0.25) is 13.8 Å². The number of rotatable bonds is 2. The van der Waals surface area contributed by atoms with E-state index in [-0.39, 0.29) is 21.5 Å². The summed E-state index contributed by atoms with van der Waals surface area (Å²) in [5.41, 5.74) is -2.11. The molecule has 0 spiro atoms. The van der Waals surface area contributed by atoms with Gasteiger partial charge in [0.05, 0.1) is 27.4 Å². The maximum Gasteiger partial charge on any atom is 0.416 e. The van der Waals surface area contributed by atoms with Crippen molar-refractivity contribution in [2.75, 3.05) is 6.26 Å². The molecule has 0 bridgehead atoms. The van der Waals surface area contributed by atoms with Crippen LogP contribution in [0.4, 0.5) is 13.2 Å². The molecular weight excluding hydrogens is 307 g/mol. The molecule has 1 unspecified atom stereocenters. The molecule has 0 saturated heterocycles. The predicted octanol–water partition coefficient (Wildman–Crippen LogP) is 2.49. The number of fused-ring (bicyclic) bond motifs is 1. The zero-order chi connectivity index (χ0) is 15.9. The van der Waals surface area contributed by atoms with Crippen molar-refractivity contribution in [2.45, 2.75) is 18.1 Å². The number of aromatic nitrogens is 1. The highest BCUT2D eigenvalue weighted by Gasteiger charge is 2.31. The van der Waals surface area contributed by atoms with Gasteiger partial charge < -0.3 is 4.98 Å². The number of alkyl halides is 3. The summed E-state index contributed by atoms with van der Waals surface area (Å²) in [7, 11) is -1.65. The van der Waals surface area contributed by atoms with Gasteiger partial charge in [-0.05, 0) is 25.1 Å². The largest absolute Gasteiger partial charge is 0.416 e. The summed E-state index contributed by atoms with van der Waals surface area (Å²) < 4.78 is 49.7. The average Bonchev–Trinajstić information content (AvgIpc) is 2.36. The van der Waals surface area contributed by atoms with E-state index in [2.05, 4.69) is 4.98 Å². The summed E-state index contributed by atoms with van der Waals surface area (Å²) in [5, 5.41) is -0.344. The second-order valence-corrected chi connectivity index (χ2v) is 5.74. The number of ketones is 1. The first-order chi connectivity index (χ1) is 9.62. The fraction of sp³-hybridized carbons (Fsp3) is 0.231. The maximum absolute atomic E-state index is 12.7. The summed E-state index contributed by atoms with van der Waals surface area (Å²) in [5.74, 6) is -0.652. The number of hydrogen-bond acceptors (Lipinski definition) is 3. The fourth-order valence-electron chi connectivity index (χ4n) is 1.98. The molecule has 0 radical (unpaired) electrons. The topological polar surface area (TPSA) is 67.0 Å². The van der Waals surface area contributed by atoms with Gasteiger partial charge >= 0.3 is 6.18 Å². The van der Waals surface area contributed by atoms with Crippen LogP contribution in [0, 0.1) is 0 Å². The number of carbonyl (C=O) groups is 1. The van der Waals surface area contributed by atoms with Gasteiger partial charge in [0.1, 0.15) is 5.03 Å². The van der Waals surface area contributed by atoms with Crippen molar-refractivity contribution in [1.29, 1.82) is 0 Å². The van der Waals surface area contributed by atoms with Gasteiger partial charge in [-0.1, -0.05) is 0 Å². The highest BCUT2D eigenvalue weighted by molar-refractivity contribution is 7.84. The molecule has 0 saturated carbocycles. The zero-order valence-electron chi connectivity index (χ0n) is 11.0. The minimum Gasteiger partial charge on any atom is -0.347 e. The molecule has 0 aliphatic heterocycles. The molecule has 1 atom stereocenters. The monoisotopic (exact) mass is 317 g/mol. The molecule has 0 aliphatic carbocycles. The van der Waals surface area contributed by atoms with Crippen LogP contribution in [0.15, 0.2) is 28.0 Å². The van der Waals surface area contributed by atoms with Crippen LogP contribution in [-0.2, 0) is 17.0 Å².